The highest BCUT2D eigenvalue weighted by Crippen LogP contribution is 2.04. The molecule has 0 heterocycles. The van der Waals surface area contributed by atoms with Gasteiger partial charge in [-0.25, -0.2) is 0 Å². The second-order valence-electron chi connectivity index (χ2n) is 3.61. The molecule has 0 amide bonds. The van der Waals surface area contributed by atoms with Crippen molar-refractivity contribution in [2.45, 2.75) is 26.3 Å². The van der Waals surface area contributed by atoms with E-state index in [1.807, 2.05) is 6.92 Å². The minimum Gasteiger partial charge on any atom is -0.328 e. The molecule has 0 saturated carbocycles. The van der Waals surface area contributed by atoms with Crippen molar-refractivity contribution in [1.82, 2.24) is 0 Å². The lowest BCUT2D eigenvalue weighted by Gasteiger charge is -2.04. The molecule has 1 atom stereocenters. The van der Waals surface area contributed by atoms with Gasteiger partial charge in [0.15, 0.2) is 0 Å². The van der Waals surface area contributed by atoms with Crippen molar-refractivity contribution in [3.8, 4) is 0 Å². The lowest BCUT2D eigenvalue weighted by atomic mass is 10.1. The predicted octanol–water partition coefficient (Wildman–Crippen LogP) is 1.23. The van der Waals surface area contributed by atoms with Gasteiger partial charge in [-0.1, -0.05) is 29.8 Å². The number of benzene rings is 1. The van der Waals surface area contributed by atoms with Crippen molar-refractivity contribution in [2.75, 3.05) is 0 Å². The van der Waals surface area contributed by atoms with E-state index in [4.69, 9.17) is 23.3 Å². The summed E-state index contributed by atoms with van der Waals surface area (Å²) in [5.74, 6) is 0. The van der Waals surface area contributed by atoms with Crippen molar-refractivity contribution in [3.63, 3.8) is 0 Å². The first-order valence-electron chi connectivity index (χ1n) is 4.69. The first-order valence-corrected chi connectivity index (χ1v) is 6.09. The fraction of sp³-hybridized carbons (Fsp3) is 0.400. The molecule has 0 radical (unpaired) electrons. The van der Waals surface area contributed by atoms with Crippen LogP contribution < -0.4 is 5.73 Å². The number of aryl methyl sites for hydroxylation is 1. The lowest BCUT2D eigenvalue weighted by Crippen LogP contribution is -2.17. The molecule has 1 rings (SSSR count). The SMILES string of the molecule is Cc1ccc(CC(C)N)cc1.O=S(=O)(O)O. The molecule has 1 unspecified atom stereocenters. The second-order valence-corrected chi connectivity index (χ2v) is 4.51. The Morgan fingerprint density at radius 1 is 1.25 bits per heavy atom. The van der Waals surface area contributed by atoms with Crippen LogP contribution in [0, 0.1) is 6.92 Å². The summed E-state index contributed by atoms with van der Waals surface area (Å²) >= 11 is 0. The Morgan fingerprint density at radius 2 is 1.62 bits per heavy atom. The molecule has 0 aliphatic heterocycles. The Balaban J connectivity index is 0.000000385. The molecule has 16 heavy (non-hydrogen) atoms. The van der Waals surface area contributed by atoms with Gasteiger partial charge in [-0.15, -0.1) is 0 Å². The van der Waals surface area contributed by atoms with Gasteiger partial charge in [0.25, 0.3) is 0 Å². The molecule has 92 valence electrons. The van der Waals surface area contributed by atoms with Gasteiger partial charge >= 0.3 is 10.4 Å². The maximum atomic E-state index is 8.74. The van der Waals surface area contributed by atoms with E-state index in [0.717, 1.165) is 6.42 Å². The number of rotatable bonds is 2. The fourth-order valence-corrected chi connectivity index (χ4v) is 1.10. The summed E-state index contributed by atoms with van der Waals surface area (Å²) in [6.07, 6.45) is 0.972. The third-order valence-corrected chi connectivity index (χ3v) is 1.68. The molecular formula is C10H17NO4S. The van der Waals surface area contributed by atoms with E-state index < -0.39 is 10.4 Å². The fourth-order valence-electron chi connectivity index (χ4n) is 1.10. The van der Waals surface area contributed by atoms with E-state index in [2.05, 4.69) is 31.2 Å². The largest absolute Gasteiger partial charge is 0.394 e. The molecule has 0 aliphatic carbocycles. The minimum absolute atomic E-state index is 0.262. The van der Waals surface area contributed by atoms with Crippen LogP contribution in [0.2, 0.25) is 0 Å². The van der Waals surface area contributed by atoms with E-state index in [9.17, 15) is 0 Å². The van der Waals surface area contributed by atoms with Gasteiger partial charge in [0.05, 0.1) is 0 Å². The normalized spacial score (nSPS) is 12.6. The Kier molecular flexibility index (Phi) is 6.20. The minimum atomic E-state index is -4.67. The quantitative estimate of drug-likeness (QED) is 0.682. The molecule has 1 aromatic rings. The molecule has 0 saturated heterocycles. The van der Waals surface area contributed by atoms with Crippen LogP contribution in [-0.2, 0) is 16.8 Å². The van der Waals surface area contributed by atoms with Crippen LogP contribution in [-0.4, -0.2) is 23.6 Å². The molecule has 1 aromatic carbocycles. The first-order chi connectivity index (χ1) is 7.18. The Bertz CT molecular complexity index is 389. The lowest BCUT2D eigenvalue weighted by molar-refractivity contribution is 0.381. The molecule has 0 fully saturated rings. The molecule has 0 aromatic heterocycles. The maximum absolute atomic E-state index is 8.74. The second kappa shape index (κ2) is 6.59. The Morgan fingerprint density at radius 3 is 1.94 bits per heavy atom. The van der Waals surface area contributed by atoms with Gasteiger partial charge in [-0.3, -0.25) is 9.11 Å². The summed E-state index contributed by atoms with van der Waals surface area (Å²) in [4.78, 5) is 0. The van der Waals surface area contributed by atoms with Crippen molar-refractivity contribution in [1.29, 1.82) is 0 Å². The van der Waals surface area contributed by atoms with E-state index in [-0.39, 0.29) is 6.04 Å². The third kappa shape index (κ3) is 11.1. The van der Waals surface area contributed by atoms with Crippen molar-refractivity contribution < 1.29 is 17.5 Å². The van der Waals surface area contributed by atoms with Crippen LogP contribution in [0.5, 0.6) is 0 Å². The predicted molar refractivity (Wildman–Crippen MR) is 62.7 cm³/mol. The summed E-state index contributed by atoms with van der Waals surface area (Å²) in [7, 11) is -4.67. The number of hydrogen-bond donors (Lipinski definition) is 3. The summed E-state index contributed by atoms with van der Waals surface area (Å²) in [5, 5.41) is 0. The molecule has 5 nitrogen and oxygen atoms in total. The van der Waals surface area contributed by atoms with E-state index in [1.165, 1.54) is 11.1 Å². The molecular weight excluding hydrogens is 230 g/mol. The third-order valence-electron chi connectivity index (χ3n) is 1.68. The summed E-state index contributed by atoms with van der Waals surface area (Å²) in [6, 6.07) is 8.78. The molecule has 6 heteroatoms. The maximum Gasteiger partial charge on any atom is 0.394 e. The van der Waals surface area contributed by atoms with Crippen LogP contribution >= 0.6 is 0 Å². The monoisotopic (exact) mass is 247 g/mol. The topological polar surface area (TPSA) is 101 Å². The number of hydrogen-bond acceptors (Lipinski definition) is 3. The van der Waals surface area contributed by atoms with Gasteiger partial charge in [0.2, 0.25) is 0 Å². The van der Waals surface area contributed by atoms with Crippen molar-refractivity contribution in [2.24, 2.45) is 5.73 Å². The highest BCUT2D eigenvalue weighted by atomic mass is 32.3. The van der Waals surface area contributed by atoms with Crippen LogP contribution in [0.4, 0.5) is 0 Å². The standard InChI is InChI=1S/C10H15N.H2O4S/c1-8-3-5-10(6-4-8)7-9(2)11;1-5(2,3)4/h3-6,9H,7,11H2,1-2H3;(H2,1,2,3,4). The van der Waals surface area contributed by atoms with Gasteiger partial charge in [0.1, 0.15) is 0 Å². The zero-order valence-corrected chi connectivity index (χ0v) is 10.1. The summed E-state index contributed by atoms with van der Waals surface area (Å²) in [5.41, 5.74) is 8.29. The van der Waals surface area contributed by atoms with Crippen molar-refractivity contribution >= 4 is 10.4 Å². The van der Waals surface area contributed by atoms with Gasteiger partial charge in [-0.05, 0) is 25.8 Å². The zero-order chi connectivity index (χ0) is 12.8. The molecule has 4 N–H and O–H groups in total. The average Bonchev–Trinajstić information content (AvgIpc) is 2.05. The molecule has 0 aliphatic rings. The first kappa shape index (κ1) is 15.0. The highest BCUT2D eigenvalue weighted by molar-refractivity contribution is 7.79. The number of nitrogens with two attached hydrogens (primary N) is 1. The van der Waals surface area contributed by atoms with E-state index in [0.29, 0.717) is 0 Å². The molecule has 0 bridgehead atoms. The van der Waals surface area contributed by atoms with Crippen LogP contribution in [0.1, 0.15) is 18.1 Å². The van der Waals surface area contributed by atoms with Gasteiger partial charge < -0.3 is 5.73 Å². The van der Waals surface area contributed by atoms with Gasteiger partial charge in [-0.2, -0.15) is 8.42 Å². The Hall–Kier alpha value is -0.950. The molecule has 0 spiro atoms. The van der Waals surface area contributed by atoms with Crippen LogP contribution in [0.3, 0.4) is 0 Å². The highest BCUT2D eigenvalue weighted by Gasteiger charge is 1.95. The smallest absolute Gasteiger partial charge is 0.328 e. The van der Waals surface area contributed by atoms with E-state index in [1.54, 1.807) is 0 Å². The van der Waals surface area contributed by atoms with E-state index >= 15 is 0 Å². The Labute approximate surface area is 95.9 Å². The zero-order valence-electron chi connectivity index (χ0n) is 9.29. The van der Waals surface area contributed by atoms with Crippen molar-refractivity contribution in [3.05, 3.63) is 35.4 Å². The average molecular weight is 247 g/mol. The van der Waals surface area contributed by atoms with Crippen LogP contribution in [0.25, 0.3) is 0 Å². The van der Waals surface area contributed by atoms with Crippen LogP contribution in [0.15, 0.2) is 24.3 Å². The summed E-state index contributed by atoms with van der Waals surface area (Å²) < 4.78 is 31.6. The summed E-state index contributed by atoms with van der Waals surface area (Å²) in [6.45, 7) is 4.12. The van der Waals surface area contributed by atoms with Gasteiger partial charge in [0, 0.05) is 6.04 Å².